The van der Waals surface area contributed by atoms with Crippen molar-refractivity contribution < 1.29 is 14.0 Å². The van der Waals surface area contributed by atoms with E-state index < -0.39 is 0 Å². The van der Waals surface area contributed by atoms with Gasteiger partial charge in [0.15, 0.2) is 5.76 Å². The predicted octanol–water partition coefficient (Wildman–Crippen LogP) is 8.66. The van der Waals surface area contributed by atoms with Crippen LogP contribution in [0.15, 0.2) is 94.1 Å². The average molecular weight is 496 g/mol. The lowest BCUT2D eigenvalue weighted by Crippen LogP contribution is -2.03. The molecule has 5 aromatic rings. The normalized spacial score (nSPS) is 11.1. The van der Waals surface area contributed by atoms with E-state index in [1.807, 2.05) is 49.4 Å². The van der Waals surface area contributed by atoms with E-state index >= 15 is 0 Å². The van der Waals surface area contributed by atoms with Crippen molar-refractivity contribution in [1.29, 1.82) is 0 Å². The van der Waals surface area contributed by atoms with Gasteiger partial charge in [-0.05, 0) is 58.0 Å². The Morgan fingerprint density at radius 2 is 1.47 bits per heavy atom. The predicted molar refractivity (Wildman–Crippen MR) is 146 cm³/mol. The molecule has 0 spiro atoms. The van der Waals surface area contributed by atoms with Crippen molar-refractivity contribution in [3.05, 3.63) is 112 Å². The molecule has 0 N–H and O–H groups in total. The first kappa shape index (κ1) is 23.9. The van der Waals surface area contributed by atoms with Gasteiger partial charge in [-0.25, -0.2) is 0 Å². The van der Waals surface area contributed by atoms with Gasteiger partial charge in [0.25, 0.3) is 0 Å². The summed E-state index contributed by atoms with van der Waals surface area (Å²) in [5, 5.41) is 8.51. The van der Waals surface area contributed by atoms with Gasteiger partial charge in [-0.2, -0.15) is 11.3 Å². The fourth-order valence-corrected chi connectivity index (χ4v) is 4.87. The second-order valence-electron chi connectivity index (χ2n) is 9.07. The standard InChI is InChI=1S/C31H29NO3S/c1-21(2)26-16-27(31-30(22(3)32-35-31)25-14-15-36-20-25)29(34-19-24-12-8-5-9-13-24)17-28(26)33-18-23-10-6-4-7-11-23/h4-17,20-21H,18-19H2,1-3H3. The van der Waals surface area contributed by atoms with Crippen LogP contribution in [-0.4, -0.2) is 5.16 Å². The molecule has 0 aliphatic heterocycles. The molecular formula is C31H29NO3S. The number of nitrogens with zero attached hydrogens (tertiary/aromatic N) is 1. The zero-order valence-corrected chi connectivity index (χ0v) is 21.5. The summed E-state index contributed by atoms with van der Waals surface area (Å²) in [7, 11) is 0. The molecule has 0 saturated carbocycles. The van der Waals surface area contributed by atoms with Gasteiger partial charge in [-0.1, -0.05) is 79.7 Å². The number of thiophene rings is 1. The molecule has 0 saturated heterocycles. The molecule has 36 heavy (non-hydrogen) atoms. The van der Waals surface area contributed by atoms with Crippen LogP contribution >= 0.6 is 11.3 Å². The first-order chi connectivity index (χ1) is 17.6. The summed E-state index contributed by atoms with van der Waals surface area (Å²) in [6.45, 7) is 7.24. The van der Waals surface area contributed by atoms with Crippen LogP contribution in [0.3, 0.4) is 0 Å². The van der Waals surface area contributed by atoms with Gasteiger partial charge in [-0.3, -0.25) is 0 Å². The second-order valence-corrected chi connectivity index (χ2v) is 9.85. The summed E-state index contributed by atoms with van der Waals surface area (Å²) in [6.07, 6.45) is 0. The molecule has 4 nitrogen and oxygen atoms in total. The fraction of sp³-hybridized carbons (Fsp3) is 0.194. The molecule has 0 fully saturated rings. The van der Waals surface area contributed by atoms with Gasteiger partial charge in [0.1, 0.15) is 24.7 Å². The maximum absolute atomic E-state index is 6.42. The Kier molecular flexibility index (Phi) is 7.19. The largest absolute Gasteiger partial charge is 0.488 e. The lowest BCUT2D eigenvalue weighted by atomic mass is 9.95. The zero-order valence-electron chi connectivity index (χ0n) is 20.7. The average Bonchev–Trinajstić information content (AvgIpc) is 3.56. The molecule has 0 bridgehead atoms. The van der Waals surface area contributed by atoms with Crippen molar-refractivity contribution in [2.75, 3.05) is 0 Å². The van der Waals surface area contributed by atoms with Gasteiger partial charge >= 0.3 is 0 Å². The van der Waals surface area contributed by atoms with Gasteiger partial charge in [-0.15, -0.1) is 0 Å². The highest BCUT2D eigenvalue weighted by Crippen LogP contribution is 2.44. The van der Waals surface area contributed by atoms with Crippen LogP contribution < -0.4 is 9.47 Å². The summed E-state index contributed by atoms with van der Waals surface area (Å²) >= 11 is 1.66. The van der Waals surface area contributed by atoms with Gasteiger partial charge in [0.05, 0.1) is 16.8 Å². The summed E-state index contributed by atoms with van der Waals surface area (Å²) in [5.74, 6) is 2.48. The first-order valence-corrected chi connectivity index (χ1v) is 13.0. The number of hydrogen-bond acceptors (Lipinski definition) is 5. The molecular weight excluding hydrogens is 466 g/mol. The Bertz CT molecular complexity index is 1410. The Labute approximate surface area is 216 Å². The van der Waals surface area contributed by atoms with Crippen molar-refractivity contribution in [1.82, 2.24) is 5.16 Å². The summed E-state index contributed by atoms with van der Waals surface area (Å²) < 4.78 is 18.7. The smallest absolute Gasteiger partial charge is 0.178 e. The van der Waals surface area contributed by atoms with Gasteiger partial charge in [0.2, 0.25) is 0 Å². The molecule has 0 unspecified atom stereocenters. The van der Waals surface area contributed by atoms with Crippen molar-refractivity contribution in [3.63, 3.8) is 0 Å². The van der Waals surface area contributed by atoms with Crippen LogP contribution in [0.5, 0.6) is 11.5 Å². The third-order valence-corrected chi connectivity index (χ3v) is 6.81. The lowest BCUT2D eigenvalue weighted by molar-refractivity contribution is 0.287. The molecule has 0 amide bonds. The quantitative estimate of drug-likeness (QED) is 0.205. The Morgan fingerprint density at radius 1 is 0.833 bits per heavy atom. The van der Waals surface area contributed by atoms with E-state index in [1.54, 1.807) is 11.3 Å². The van der Waals surface area contributed by atoms with Crippen LogP contribution in [0.4, 0.5) is 0 Å². The summed E-state index contributed by atoms with van der Waals surface area (Å²) in [6, 6.07) is 26.6. The van der Waals surface area contributed by atoms with Crippen molar-refractivity contribution in [2.45, 2.75) is 39.9 Å². The monoisotopic (exact) mass is 495 g/mol. The Balaban J connectivity index is 1.59. The molecule has 0 aliphatic carbocycles. The van der Waals surface area contributed by atoms with Crippen molar-refractivity contribution >= 4 is 11.3 Å². The fourth-order valence-electron chi connectivity index (χ4n) is 4.22. The van der Waals surface area contributed by atoms with E-state index in [1.165, 1.54) is 0 Å². The molecule has 5 rings (SSSR count). The van der Waals surface area contributed by atoms with Gasteiger partial charge < -0.3 is 14.0 Å². The number of rotatable bonds is 9. The SMILES string of the molecule is Cc1noc(-c2cc(C(C)C)c(OCc3ccccc3)cc2OCc2ccccc2)c1-c1ccsc1. The third kappa shape index (κ3) is 5.21. The molecule has 2 heterocycles. The van der Waals surface area contributed by atoms with Gasteiger partial charge in [0, 0.05) is 6.07 Å². The Morgan fingerprint density at radius 3 is 2.06 bits per heavy atom. The minimum absolute atomic E-state index is 0.242. The van der Waals surface area contributed by atoms with E-state index in [-0.39, 0.29) is 5.92 Å². The number of aryl methyl sites for hydroxylation is 1. The second kappa shape index (κ2) is 10.8. The van der Waals surface area contributed by atoms with Crippen molar-refractivity contribution in [3.8, 4) is 33.9 Å². The topological polar surface area (TPSA) is 44.5 Å². The van der Waals surface area contributed by atoms with E-state index in [0.717, 1.165) is 44.8 Å². The Hall–Kier alpha value is -3.83. The molecule has 3 aromatic carbocycles. The molecule has 182 valence electrons. The number of benzene rings is 3. The van der Waals surface area contributed by atoms with E-state index in [4.69, 9.17) is 14.0 Å². The molecule has 0 radical (unpaired) electrons. The minimum Gasteiger partial charge on any atom is -0.488 e. The van der Waals surface area contributed by atoms with Crippen LogP contribution in [0.25, 0.3) is 22.5 Å². The number of aromatic nitrogens is 1. The molecule has 0 atom stereocenters. The summed E-state index contributed by atoms with van der Waals surface area (Å²) in [5.41, 5.74) is 7.13. The summed E-state index contributed by atoms with van der Waals surface area (Å²) in [4.78, 5) is 0. The minimum atomic E-state index is 0.242. The zero-order chi connectivity index (χ0) is 24.9. The van der Waals surface area contributed by atoms with E-state index in [2.05, 4.69) is 66.2 Å². The highest BCUT2D eigenvalue weighted by Gasteiger charge is 2.24. The highest BCUT2D eigenvalue weighted by atomic mass is 32.1. The molecule has 5 heteroatoms. The lowest BCUT2D eigenvalue weighted by Gasteiger charge is -2.19. The van der Waals surface area contributed by atoms with Crippen LogP contribution in [0, 0.1) is 6.92 Å². The van der Waals surface area contributed by atoms with Crippen LogP contribution in [-0.2, 0) is 13.2 Å². The molecule has 0 aliphatic rings. The van der Waals surface area contributed by atoms with Crippen LogP contribution in [0.1, 0.15) is 42.1 Å². The number of ether oxygens (including phenoxy) is 2. The number of hydrogen-bond donors (Lipinski definition) is 0. The first-order valence-electron chi connectivity index (χ1n) is 12.1. The van der Waals surface area contributed by atoms with E-state index in [9.17, 15) is 0 Å². The highest BCUT2D eigenvalue weighted by molar-refractivity contribution is 7.08. The maximum Gasteiger partial charge on any atom is 0.178 e. The maximum atomic E-state index is 6.42. The van der Waals surface area contributed by atoms with E-state index in [0.29, 0.717) is 24.7 Å². The van der Waals surface area contributed by atoms with Crippen LogP contribution in [0.2, 0.25) is 0 Å². The molecule has 2 aromatic heterocycles. The third-order valence-electron chi connectivity index (χ3n) is 6.13. The van der Waals surface area contributed by atoms with Crippen molar-refractivity contribution in [2.24, 2.45) is 0 Å².